The number of rotatable bonds is 8. The lowest BCUT2D eigenvalue weighted by atomic mass is 10.1. The van der Waals surface area contributed by atoms with Crippen molar-refractivity contribution in [2.24, 2.45) is 5.73 Å². The number of thiocarbonyl (C=S) groups is 1. The number of ether oxygens (including phenoxy) is 1. The molecule has 0 aliphatic carbocycles. The van der Waals surface area contributed by atoms with Crippen molar-refractivity contribution in [1.82, 2.24) is 4.90 Å². The summed E-state index contributed by atoms with van der Waals surface area (Å²) in [6.07, 6.45) is 1.85. The molecule has 4 nitrogen and oxygen atoms in total. The van der Waals surface area contributed by atoms with Gasteiger partial charge in [0.2, 0.25) is 5.91 Å². The molecule has 0 heterocycles. The van der Waals surface area contributed by atoms with E-state index in [1.807, 2.05) is 36.1 Å². The largest absolute Gasteiger partial charge is 0.497 e. The van der Waals surface area contributed by atoms with E-state index in [0.29, 0.717) is 24.4 Å². The summed E-state index contributed by atoms with van der Waals surface area (Å²) in [4.78, 5) is 14.8. The number of nitrogens with two attached hydrogens (primary N) is 1. The lowest BCUT2D eigenvalue weighted by molar-refractivity contribution is -0.132. The third-order valence-electron chi connectivity index (χ3n) is 3.56. The van der Waals surface area contributed by atoms with Crippen LogP contribution in [0.3, 0.4) is 0 Å². The number of amides is 1. The molecule has 1 unspecified atom stereocenters. The van der Waals surface area contributed by atoms with Crippen molar-refractivity contribution in [3.05, 3.63) is 29.8 Å². The van der Waals surface area contributed by atoms with Crippen LogP contribution in [-0.4, -0.2) is 35.5 Å². The van der Waals surface area contributed by atoms with Gasteiger partial charge in [0.1, 0.15) is 5.75 Å². The first-order valence-corrected chi connectivity index (χ1v) is 7.59. The van der Waals surface area contributed by atoms with Gasteiger partial charge in [0, 0.05) is 19.0 Å². The van der Waals surface area contributed by atoms with Gasteiger partial charge in [0.15, 0.2) is 0 Å². The van der Waals surface area contributed by atoms with E-state index in [4.69, 9.17) is 22.7 Å². The molecular weight excluding hydrogens is 284 g/mol. The first-order chi connectivity index (χ1) is 9.97. The lowest BCUT2D eigenvalue weighted by Gasteiger charge is -2.28. The highest BCUT2D eigenvalue weighted by Gasteiger charge is 2.19. The van der Waals surface area contributed by atoms with Crippen LogP contribution in [-0.2, 0) is 11.2 Å². The fourth-order valence-corrected chi connectivity index (χ4v) is 2.15. The molecule has 21 heavy (non-hydrogen) atoms. The highest BCUT2D eigenvalue weighted by Crippen LogP contribution is 2.14. The summed E-state index contributed by atoms with van der Waals surface area (Å²) in [6.45, 7) is 4.70. The summed E-state index contributed by atoms with van der Waals surface area (Å²) in [5, 5.41) is 0. The van der Waals surface area contributed by atoms with Gasteiger partial charge in [0.05, 0.1) is 18.5 Å². The average Bonchev–Trinajstić information content (AvgIpc) is 2.47. The van der Waals surface area contributed by atoms with E-state index in [0.717, 1.165) is 17.7 Å². The van der Waals surface area contributed by atoms with Gasteiger partial charge >= 0.3 is 0 Å². The van der Waals surface area contributed by atoms with Crippen LogP contribution in [0.1, 0.15) is 32.3 Å². The maximum absolute atomic E-state index is 12.5. The number of benzene rings is 1. The Bertz CT molecular complexity index is 474. The number of methoxy groups -OCH3 is 1. The van der Waals surface area contributed by atoms with E-state index >= 15 is 0 Å². The zero-order valence-corrected chi connectivity index (χ0v) is 13.8. The highest BCUT2D eigenvalue weighted by molar-refractivity contribution is 7.80. The fourth-order valence-electron chi connectivity index (χ4n) is 2.06. The molecule has 0 bridgehead atoms. The van der Waals surface area contributed by atoms with Crippen molar-refractivity contribution in [3.63, 3.8) is 0 Å². The quantitative estimate of drug-likeness (QED) is 0.750. The molecule has 1 aromatic carbocycles. The Labute approximate surface area is 132 Å². The second kappa shape index (κ2) is 8.62. The van der Waals surface area contributed by atoms with Crippen molar-refractivity contribution in [2.45, 2.75) is 39.2 Å². The molecular formula is C16H24N2O2S. The van der Waals surface area contributed by atoms with Gasteiger partial charge in [-0.3, -0.25) is 4.79 Å². The van der Waals surface area contributed by atoms with Crippen LogP contribution in [0.4, 0.5) is 0 Å². The summed E-state index contributed by atoms with van der Waals surface area (Å²) >= 11 is 4.91. The summed E-state index contributed by atoms with van der Waals surface area (Å²) in [6, 6.07) is 7.75. The molecule has 1 atom stereocenters. The molecule has 1 rings (SSSR count). The van der Waals surface area contributed by atoms with Gasteiger partial charge < -0.3 is 15.4 Å². The van der Waals surface area contributed by atoms with Gasteiger partial charge in [-0.15, -0.1) is 0 Å². The Morgan fingerprint density at radius 3 is 2.48 bits per heavy atom. The number of carbonyl (C=O) groups excluding carboxylic acids is 1. The summed E-state index contributed by atoms with van der Waals surface area (Å²) in [5.74, 6) is 0.893. The minimum atomic E-state index is 0.103. The lowest BCUT2D eigenvalue weighted by Crippen LogP contribution is -2.41. The van der Waals surface area contributed by atoms with Gasteiger partial charge in [-0.1, -0.05) is 31.3 Å². The average molecular weight is 308 g/mol. The van der Waals surface area contributed by atoms with Crippen LogP contribution < -0.4 is 10.5 Å². The van der Waals surface area contributed by atoms with Crippen LogP contribution in [0.25, 0.3) is 0 Å². The maximum Gasteiger partial charge on any atom is 0.227 e. The van der Waals surface area contributed by atoms with Crippen LogP contribution in [0.2, 0.25) is 0 Å². The Morgan fingerprint density at radius 1 is 1.38 bits per heavy atom. The molecule has 0 aliphatic rings. The number of hydrogen-bond acceptors (Lipinski definition) is 3. The third kappa shape index (κ3) is 5.71. The van der Waals surface area contributed by atoms with Crippen LogP contribution in [0, 0.1) is 0 Å². The minimum Gasteiger partial charge on any atom is -0.497 e. The second-order valence-electron chi connectivity index (χ2n) is 5.09. The fraction of sp³-hybridized carbons (Fsp3) is 0.500. The van der Waals surface area contributed by atoms with E-state index in [1.165, 1.54) is 0 Å². The van der Waals surface area contributed by atoms with Gasteiger partial charge in [0.25, 0.3) is 0 Å². The second-order valence-corrected chi connectivity index (χ2v) is 5.61. The summed E-state index contributed by atoms with van der Waals surface area (Å²) in [7, 11) is 1.63. The molecule has 0 fully saturated rings. The van der Waals surface area contributed by atoms with Gasteiger partial charge in [-0.05, 0) is 31.0 Å². The van der Waals surface area contributed by atoms with E-state index in [9.17, 15) is 4.79 Å². The zero-order valence-electron chi connectivity index (χ0n) is 13.0. The predicted molar refractivity (Wildman–Crippen MR) is 89.6 cm³/mol. The molecule has 1 aromatic rings. The predicted octanol–water partition coefficient (Wildman–Crippen LogP) is 2.54. The monoisotopic (exact) mass is 308 g/mol. The molecule has 116 valence electrons. The topological polar surface area (TPSA) is 55.6 Å². The van der Waals surface area contributed by atoms with Crippen LogP contribution in [0.5, 0.6) is 5.75 Å². The molecule has 0 aromatic heterocycles. The van der Waals surface area contributed by atoms with Crippen LogP contribution >= 0.6 is 12.2 Å². The Morgan fingerprint density at radius 2 is 2.00 bits per heavy atom. The molecule has 0 saturated heterocycles. The molecule has 1 amide bonds. The first kappa shape index (κ1) is 17.4. The zero-order chi connectivity index (χ0) is 15.8. The molecule has 2 N–H and O–H groups in total. The van der Waals surface area contributed by atoms with E-state index in [2.05, 4.69) is 6.92 Å². The number of hydrogen-bond donors (Lipinski definition) is 1. The van der Waals surface area contributed by atoms with E-state index < -0.39 is 0 Å². The van der Waals surface area contributed by atoms with Crippen molar-refractivity contribution < 1.29 is 9.53 Å². The van der Waals surface area contributed by atoms with E-state index in [1.54, 1.807) is 7.11 Å². The Kier molecular flexibility index (Phi) is 7.15. The SMILES string of the molecule is CCC(C)N(CCC(N)=S)C(=O)Cc1ccc(OC)cc1. The summed E-state index contributed by atoms with van der Waals surface area (Å²) < 4.78 is 5.12. The minimum absolute atomic E-state index is 0.103. The number of nitrogens with zero attached hydrogens (tertiary/aromatic N) is 1. The highest BCUT2D eigenvalue weighted by atomic mass is 32.1. The molecule has 5 heteroatoms. The third-order valence-corrected chi connectivity index (χ3v) is 3.76. The Balaban J connectivity index is 2.72. The van der Waals surface area contributed by atoms with Crippen molar-refractivity contribution >= 4 is 23.1 Å². The van der Waals surface area contributed by atoms with Gasteiger partial charge in [-0.25, -0.2) is 0 Å². The molecule has 0 spiro atoms. The van der Waals surface area contributed by atoms with E-state index in [-0.39, 0.29) is 11.9 Å². The van der Waals surface area contributed by atoms with Crippen molar-refractivity contribution in [3.8, 4) is 5.75 Å². The Hall–Kier alpha value is -1.62. The smallest absolute Gasteiger partial charge is 0.227 e. The normalized spacial score (nSPS) is 11.8. The van der Waals surface area contributed by atoms with Crippen molar-refractivity contribution in [2.75, 3.05) is 13.7 Å². The molecule has 0 radical (unpaired) electrons. The van der Waals surface area contributed by atoms with Gasteiger partial charge in [-0.2, -0.15) is 0 Å². The van der Waals surface area contributed by atoms with Crippen LogP contribution in [0.15, 0.2) is 24.3 Å². The summed E-state index contributed by atoms with van der Waals surface area (Å²) in [5.41, 5.74) is 6.52. The molecule has 0 aliphatic heterocycles. The molecule has 0 saturated carbocycles. The number of carbonyl (C=O) groups is 1. The standard InChI is InChI=1S/C16H24N2O2S/c1-4-12(2)18(10-9-15(17)21)16(19)11-13-5-7-14(20-3)8-6-13/h5-8,12H,4,9-11H2,1-3H3,(H2,17,21). The first-order valence-electron chi connectivity index (χ1n) is 7.18. The maximum atomic E-state index is 12.5. The van der Waals surface area contributed by atoms with Crippen molar-refractivity contribution in [1.29, 1.82) is 0 Å².